The Kier molecular flexibility index (Phi) is 10.6. The second-order valence-electron chi connectivity index (χ2n) is 5.05. The summed E-state index contributed by atoms with van der Waals surface area (Å²) in [6.07, 6.45) is 6.79. The van der Waals surface area contributed by atoms with Crippen molar-refractivity contribution in [2.24, 2.45) is 0 Å². The van der Waals surface area contributed by atoms with Crippen LogP contribution in [0.3, 0.4) is 0 Å². The molecule has 0 heterocycles. The first kappa shape index (κ1) is 17.4. The molecule has 0 bridgehead atoms. The quantitative estimate of drug-likeness (QED) is 0.413. The van der Waals surface area contributed by atoms with Gasteiger partial charge < -0.3 is 0 Å². The summed E-state index contributed by atoms with van der Waals surface area (Å²) in [4.78, 5) is 0. The van der Waals surface area contributed by atoms with E-state index >= 15 is 0 Å². The van der Waals surface area contributed by atoms with Crippen LogP contribution >= 0.6 is 0 Å². The van der Waals surface area contributed by atoms with E-state index in [2.05, 4.69) is 20.8 Å². The maximum atomic E-state index is 14.0. The van der Waals surface area contributed by atoms with E-state index in [1.165, 1.54) is 0 Å². The van der Waals surface area contributed by atoms with E-state index in [0.717, 1.165) is 51.8 Å². The molecule has 0 unspecified atom stereocenters. The Morgan fingerprint density at radius 1 is 0.882 bits per heavy atom. The number of unbranched alkanes of at least 4 members (excludes halogenated alkanes) is 3. The SMILES string of the molecule is CCC[CH2][Sn]([CH2]CCC)([CH2]CCC)[C](F)=CF. The first-order valence-corrected chi connectivity index (χ1v) is 14.6. The van der Waals surface area contributed by atoms with Crippen molar-refractivity contribution in [1.82, 2.24) is 0 Å². The zero-order valence-electron chi connectivity index (χ0n) is 11.7. The van der Waals surface area contributed by atoms with Crippen LogP contribution in [-0.2, 0) is 0 Å². The van der Waals surface area contributed by atoms with Gasteiger partial charge in [0.15, 0.2) is 0 Å². The van der Waals surface area contributed by atoms with Crippen LogP contribution in [0.5, 0.6) is 0 Å². The van der Waals surface area contributed by atoms with Crippen LogP contribution in [0.2, 0.25) is 13.3 Å². The van der Waals surface area contributed by atoms with E-state index in [1.807, 2.05) is 0 Å². The van der Waals surface area contributed by atoms with Gasteiger partial charge in [0.05, 0.1) is 0 Å². The number of rotatable bonds is 10. The maximum absolute atomic E-state index is 14.0. The fourth-order valence-corrected chi connectivity index (χ4v) is 16.1. The van der Waals surface area contributed by atoms with E-state index in [9.17, 15) is 8.78 Å². The van der Waals surface area contributed by atoms with Gasteiger partial charge in [-0.25, -0.2) is 0 Å². The van der Waals surface area contributed by atoms with E-state index in [1.54, 1.807) is 0 Å². The normalized spacial score (nSPS) is 13.1. The van der Waals surface area contributed by atoms with Crippen LogP contribution in [0.1, 0.15) is 59.3 Å². The summed E-state index contributed by atoms with van der Waals surface area (Å²) in [7, 11) is 0. The molecular formula is C14H28F2Sn. The molecule has 3 heteroatoms. The van der Waals surface area contributed by atoms with Gasteiger partial charge in [-0.15, -0.1) is 0 Å². The molecule has 0 rings (SSSR count). The molecule has 0 aromatic heterocycles. The Hall–Kier alpha value is 0.399. The van der Waals surface area contributed by atoms with Crippen molar-refractivity contribution in [3.8, 4) is 0 Å². The van der Waals surface area contributed by atoms with E-state index in [4.69, 9.17) is 0 Å². The van der Waals surface area contributed by atoms with Gasteiger partial charge in [0, 0.05) is 0 Å². The summed E-state index contributed by atoms with van der Waals surface area (Å²) in [6.45, 7) is 6.40. The fourth-order valence-electron chi connectivity index (χ4n) is 2.39. The number of halogens is 2. The molecule has 0 saturated carbocycles. The summed E-state index contributed by atoms with van der Waals surface area (Å²) in [5.74, 6) is 0. The van der Waals surface area contributed by atoms with Crippen molar-refractivity contribution in [3.05, 3.63) is 10.2 Å². The van der Waals surface area contributed by atoms with Crippen molar-refractivity contribution in [3.63, 3.8) is 0 Å². The second kappa shape index (κ2) is 10.3. The van der Waals surface area contributed by atoms with Crippen LogP contribution in [0, 0.1) is 0 Å². The average molecular weight is 353 g/mol. The van der Waals surface area contributed by atoms with Crippen LogP contribution in [0.25, 0.3) is 0 Å². The monoisotopic (exact) mass is 354 g/mol. The summed E-state index contributed by atoms with van der Waals surface area (Å²) >= 11 is -2.97. The second-order valence-corrected chi connectivity index (χ2v) is 18.0. The van der Waals surface area contributed by atoms with Crippen LogP contribution in [0.4, 0.5) is 8.78 Å². The Labute approximate surface area is 110 Å². The zero-order chi connectivity index (χ0) is 13.1. The Balaban J connectivity index is 4.77. The molecule has 0 aliphatic carbocycles. The van der Waals surface area contributed by atoms with Crippen molar-refractivity contribution >= 4 is 18.4 Å². The summed E-state index contributed by atoms with van der Waals surface area (Å²) in [5.41, 5.74) is 0. The number of hydrogen-bond donors (Lipinski definition) is 0. The predicted octanol–water partition coefficient (Wildman–Crippen LogP) is 6.16. The third kappa shape index (κ3) is 6.21. The molecule has 0 atom stereocenters. The molecule has 0 aromatic carbocycles. The van der Waals surface area contributed by atoms with Gasteiger partial charge >= 0.3 is 110 Å². The van der Waals surface area contributed by atoms with Gasteiger partial charge in [-0.1, -0.05) is 0 Å². The third-order valence-corrected chi connectivity index (χ3v) is 18.1. The average Bonchev–Trinajstić information content (AvgIpc) is 2.37. The molecule has 0 aliphatic heterocycles. The topological polar surface area (TPSA) is 0 Å². The van der Waals surface area contributed by atoms with Gasteiger partial charge in [0.2, 0.25) is 0 Å². The van der Waals surface area contributed by atoms with E-state index < -0.39 is 18.4 Å². The Bertz CT molecular complexity index is 192. The van der Waals surface area contributed by atoms with Crippen molar-refractivity contribution in [2.45, 2.75) is 72.6 Å². The molecule has 0 amide bonds. The van der Waals surface area contributed by atoms with E-state index in [0.29, 0.717) is 0 Å². The molecule has 0 saturated heterocycles. The molecule has 0 aliphatic rings. The summed E-state index contributed by atoms with van der Waals surface area (Å²) in [5, 5.41) is 0. The minimum absolute atomic E-state index is 0.289. The molecule has 102 valence electrons. The van der Waals surface area contributed by atoms with Crippen molar-refractivity contribution in [2.75, 3.05) is 0 Å². The van der Waals surface area contributed by atoms with Crippen molar-refractivity contribution < 1.29 is 8.78 Å². The number of hydrogen-bond acceptors (Lipinski definition) is 0. The van der Waals surface area contributed by atoms with Gasteiger partial charge in [0.25, 0.3) is 0 Å². The van der Waals surface area contributed by atoms with E-state index in [-0.39, 0.29) is 10.2 Å². The first-order chi connectivity index (χ1) is 8.16. The third-order valence-electron chi connectivity index (χ3n) is 3.63. The molecule has 17 heavy (non-hydrogen) atoms. The van der Waals surface area contributed by atoms with Crippen LogP contribution in [-0.4, -0.2) is 18.4 Å². The van der Waals surface area contributed by atoms with Gasteiger partial charge in [0.1, 0.15) is 0 Å². The molecule has 0 aromatic rings. The molecule has 0 fully saturated rings. The predicted molar refractivity (Wildman–Crippen MR) is 75.2 cm³/mol. The van der Waals surface area contributed by atoms with Gasteiger partial charge in [-0.2, -0.15) is 0 Å². The van der Waals surface area contributed by atoms with Gasteiger partial charge in [-0.05, 0) is 0 Å². The molecule has 0 nitrogen and oxygen atoms in total. The molecular weight excluding hydrogens is 325 g/mol. The summed E-state index contributed by atoms with van der Waals surface area (Å²) in [6, 6.07) is 0. The van der Waals surface area contributed by atoms with Crippen LogP contribution < -0.4 is 0 Å². The minimum atomic E-state index is -2.97. The summed E-state index contributed by atoms with van der Waals surface area (Å²) < 4.78 is 29.4. The van der Waals surface area contributed by atoms with Crippen LogP contribution in [0.15, 0.2) is 10.2 Å². The van der Waals surface area contributed by atoms with Crippen molar-refractivity contribution in [1.29, 1.82) is 0 Å². The molecule has 0 N–H and O–H groups in total. The Morgan fingerprint density at radius 3 is 1.47 bits per heavy atom. The van der Waals surface area contributed by atoms with Gasteiger partial charge in [-0.3, -0.25) is 0 Å². The molecule has 0 spiro atoms. The zero-order valence-corrected chi connectivity index (χ0v) is 14.6. The first-order valence-electron chi connectivity index (χ1n) is 7.13. The fraction of sp³-hybridized carbons (Fsp3) is 0.857. The Morgan fingerprint density at radius 2 is 1.24 bits per heavy atom. The molecule has 0 radical (unpaired) electrons. The standard InChI is InChI=1S/3C4H9.C2HF2.Sn/c3*1-3-4-2;3-1-2-4;/h3*1,3-4H2,2H3;1H;.